The van der Waals surface area contributed by atoms with Crippen molar-refractivity contribution in [1.82, 2.24) is 4.98 Å². The third-order valence-corrected chi connectivity index (χ3v) is 5.51. The molecule has 27 heavy (non-hydrogen) atoms. The average molecular weight is 388 g/mol. The number of anilines is 2. The Kier molecular flexibility index (Phi) is 5.04. The number of rotatable bonds is 3. The molecule has 0 radical (unpaired) electrons. The number of halogens is 1. The lowest BCUT2D eigenvalue weighted by Crippen LogP contribution is -2.45. The lowest BCUT2D eigenvalue weighted by Gasteiger charge is -2.38. The van der Waals surface area contributed by atoms with Gasteiger partial charge in [0.25, 0.3) is 5.91 Å². The lowest BCUT2D eigenvalue weighted by molar-refractivity contribution is -0.169. The zero-order valence-corrected chi connectivity index (χ0v) is 16.0. The minimum absolute atomic E-state index is 0.186. The van der Waals surface area contributed by atoms with Gasteiger partial charge in [0, 0.05) is 48.4 Å². The molecule has 0 aliphatic carbocycles. The molecule has 1 aromatic heterocycles. The van der Waals surface area contributed by atoms with Crippen molar-refractivity contribution in [3.05, 3.63) is 52.7 Å². The van der Waals surface area contributed by atoms with Crippen LogP contribution < -0.4 is 10.2 Å². The van der Waals surface area contributed by atoms with Gasteiger partial charge in [0.05, 0.1) is 13.2 Å². The van der Waals surface area contributed by atoms with Gasteiger partial charge in [-0.15, -0.1) is 0 Å². The number of benzene rings is 1. The molecule has 1 N–H and O–H groups in total. The molecule has 0 saturated carbocycles. The first kappa shape index (κ1) is 18.2. The Hall–Kier alpha value is -2.15. The number of carbonyl (C=O) groups is 1. The largest absolute Gasteiger partial charge is 0.356 e. The Labute approximate surface area is 163 Å². The molecule has 1 aromatic carbocycles. The van der Waals surface area contributed by atoms with E-state index < -0.39 is 5.79 Å². The molecule has 7 heteroatoms. The summed E-state index contributed by atoms with van der Waals surface area (Å²) in [6, 6.07) is 9.00. The summed E-state index contributed by atoms with van der Waals surface area (Å²) in [5.74, 6) is 0.183. The average Bonchev–Trinajstić information content (AvgIpc) is 3.13. The molecular formula is C20H22ClN3O3. The van der Waals surface area contributed by atoms with Gasteiger partial charge in [0.15, 0.2) is 5.79 Å². The van der Waals surface area contributed by atoms with Crippen molar-refractivity contribution in [1.29, 1.82) is 0 Å². The van der Waals surface area contributed by atoms with Gasteiger partial charge < -0.3 is 19.7 Å². The third kappa shape index (κ3) is 3.93. The normalized spacial score (nSPS) is 18.7. The first-order valence-corrected chi connectivity index (χ1v) is 9.49. The van der Waals surface area contributed by atoms with Crippen molar-refractivity contribution in [2.45, 2.75) is 25.6 Å². The van der Waals surface area contributed by atoms with Crippen LogP contribution in [0.1, 0.15) is 28.8 Å². The number of amides is 1. The first-order valence-electron chi connectivity index (χ1n) is 9.11. The lowest BCUT2D eigenvalue weighted by atomic mass is 10.0. The molecule has 0 bridgehead atoms. The highest BCUT2D eigenvalue weighted by Crippen LogP contribution is 2.32. The molecule has 2 saturated heterocycles. The van der Waals surface area contributed by atoms with Gasteiger partial charge in [-0.1, -0.05) is 17.7 Å². The van der Waals surface area contributed by atoms with E-state index in [1.165, 1.54) is 0 Å². The van der Waals surface area contributed by atoms with Gasteiger partial charge in [-0.3, -0.25) is 4.79 Å². The summed E-state index contributed by atoms with van der Waals surface area (Å²) >= 11 is 6.13. The SMILES string of the molecule is Cc1ccc(NC(=O)c2ccnc(N3CCC4(CC3)OCCO4)c2)cc1Cl. The Bertz CT molecular complexity index is 842. The van der Waals surface area contributed by atoms with Crippen LogP contribution in [-0.2, 0) is 9.47 Å². The van der Waals surface area contributed by atoms with Gasteiger partial charge in [0.2, 0.25) is 0 Å². The highest BCUT2D eigenvalue weighted by Gasteiger charge is 2.40. The standard InChI is InChI=1S/C20H22ClN3O3/c1-14-2-3-16(13-17(14)21)23-19(25)15-4-7-22-18(12-15)24-8-5-20(6-9-24)26-10-11-27-20/h2-4,7,12-13H,5-6,8-11H2,1H3,(H,23,25). The van der Waals surface area contributed by atoms with Crippen molar-refractivity contribution >= 4 is 29.0 Å². The molecule has 142 valence electrons. The van der Waals surface area contributed by atoms with E-state index in [9.17, 15) is 4.79 Å². The summed E-state index contributed by atoms with van der Waals surface area (Å²) < 4.78 is 11.5. The number of nitrogens with one attached hydrogen (secondary N) is 1. The summed E-state index contributed by atoms with van der Waals surface area (Å²) in [4.78, 5) is 19.2. The maximum atomic E-state index is 12.6. The second kappa shape index (κ2) is 7.46. The van der Waals surface area contributed by atoms with Crippen LogP contribution >= 0.6 is 11.6 Å². The third-order valence-electron chi connectivity index (χ3n) is 5.10. The number of pyridine rings is 1. The fourth-order valence-electron chi connectivity index (χ4n) is 3.47. The van der Waals surface area contributed by atoms with E-state index in [1.54, 1.807) is 18.3 Å². The molecule has 6 nitrogen and oxygen atoms in total. The number of aryl methyl sites for hydroxylation is 1. The quantitative estimate of drug-likeness (QED) is 0.871. The molecule has 1 amide bonds. The minimum atomic E-state index is -0.420. The van der Waals surface area contributed by atoms with Gasteiger partial charge in [-0.2, -0.15) is 0 Å². The molecule has 2 aliphatic rings. The molecule has 0 atom stereocenters. The number of carbonyl (C=O) groups excluding carboxylic acids is 1. The molecule has 4 rings (SSSR count). The second-order valence-corrected chi connectivity index (χ2v) is 7.32. The van der Waals surface area contributed by atoms with E-state index >= 15 is 0 Å². The van der Waals surface area contributed by atoms with E-state index in [1.807, 2.05) is 25.1 Å². The maximum Gasteiger partial charge on any atom is 0.255 e. The maximum absolute atomic E-state index is 12.6. The highest BCUT2D eigenvalue weighted by molar-refractivity contribution is 6.31. The van der Waals surface area contributed by atoms with Crippen LogP contribution in [0.15, 0.2) is 36.5 Å². The van der Waals surface area contributed by atoms with Gasteiger partial charge >= 0.3 is 0 Å². The Morgan fingerprint density at radius 1 is 1.19 bits per heavy atom. The first-order chi connectivity index (χ1) is 13.0. The van der Waals surface area contributed by atoms with E-state index in [2.05, 4.69) is 15.2 Å². The van der Waals surface area contributed by atoms with Crippen LogP contribution in [0.4, 0.5) is 11.5 Å². The summed E-state index contributed by atoms with van der Waals surface area (Å²) in [5.41, 5.74) is 2.20. The molecule has 3 heterocycles. The van der Waals surface area contributed by atoms with Crippen molar-refractivity contribution < 1.29 is 14.3 Å². The monoisotopic (exact) mass is 387 g/mol. The van der Waals surface area contributed by atoms with E-state index in [0.29, 0.717) is 29.5 Å². The van der Waals surface area contributed by atoms with E-state index in [4.69, 9.17) is 21.1 Å². The molecule has 2 fully saturated rings. The van der Waals surface area contributed by atoms with Crippen molar-refractivity contribution in [3.8, 4) is 0 Å². The molecule has 0 unspecified atom stereocenters. The highest BCUT2D eigenvalue weighted by atomic mass is 35.5. The smallest absolute Gasteiger partial charge is 0.255 e. The number of piperidine rings is 1. The fourth-order valence-corrected chi connectivity index (χ4v) is 3.65. The fraction of sp³-hybridized carbons (Fsp3) is 0.400. The Morgan fingerprint density at radius 3 is 2.63 bits per heavy atom. The number of hydrogen-bond acceptors (Lipinski definition) is 5. The van der Waals surface area contributed by atoms with Crippen LogP contribution in [0.2, 0.25) is 5.02 Å². The van der Waals surface area contributed by atoms with Crippen molar-refractivity contribution in [2.24, 2.45) is 0 Å². The minimum Gasteiger partial charge on any atom is -0.356 e. The molecule has 1 spiro atoms. The number of hydrogen-bond donors (Lipinski definition) is 1. The van der Waals surface area contributed by atoms with Crippen LogP contribution in [0, 0.1) is 6.92 Å². The van der Waals surface area contributed by atoms with Crippen molar-refractivity contribution in [3.63, 3.8) is 0 Å². The van der Waals surface area contributed by atoms with Crippen molar-refractivity contribution in [2.75, 3.05) is 36.5 Å². The number of nitrogens with zero attached hydrogens (tertiary/aromatic N) is 2. The van der Waals surface area contributed by atoms with Crippen LogP contribution in [0.3, 0.4) is 0 Å². The Morgan fingerprint density at radius 2 is 1.93 bits per heavy atom. The zero-order chi connectivity index (χ0) is 18.9. The van der Waals surface area contributed by atoms with Gasteiger partial charge in [-0.25, -0.2) is 4.98 Å². The van der Waals surface area contributed by atoms with Crippen LogP contribution in [-0.4, -0.2) is 43.0 Å². The summed E-state index contributed by atoms with van der Waals surface area (Å²) in [5, 5.41) is 3.51. The van der Waals surface area contributed by atoms with Crippen LogP contribution in [0.5, 0.6) is 0 Å². The molecule has 2 aromatic rings. The molecule has 2 aliphatic heterocycles. The second-order valence-electron chi connectivity index (χ2n) is 6.92. The number of aromatic nitrogens is 1. The number of ether oxygens (including phenoxy) is 2. The van der Waals surface area contributed by atoms with Gasteiger partial charge in [-0.05, 0) is 36.8 Å². The molecular weight excluding hydrogens is 366 g/mol. The van der Waals surface area contributed by atoms with Gasteiger partial charge in [0.1, 0.15) is 5.82 Å². The zero-order valence-electron chi connectivity index (χ0n) is 15.2. The predicted molar refractivity (Wildman–Crippen MR) is 104 cm³/mol. The summed E-state index contributed by atoms with van der Waals surface area (Å²) in [6.07, 6.45) is 3.26. The predicted octanol–water partition coefficient (Wildman–Crippen LogP) is 3.64. The summed E-state index contributed by atoms with van der Waals surface area (Å²) in [6.45, 7) is 4.82. The topological polar surface area (TPSA) is 63.7 Å². The summed E-state index contributed by atoms with van der Waals surface area (Å²) in [7, 11) is 0. The van der Waals surface area contributed by atoms with E-state index in [-0.39, 0.29) is 5.91 Å². The Balaban J connectivity index is 1.44. The van der Waals surface area contributed by atoms with E-state index in [0.717, 1.165) is 37.3 Å². The van der Waals surface area contributed by atoms with Crippen LogP contribution in [0.25, 0.3) is 0 Å².